The van der Waals surface area contributed by atoms with Gasteiger partial charge in [-0.05, 0) is 56.1 Å². The minimum atomic E-state index is -0.266. The van der Waals surface area contributed by atoms with Crippen LogP contribution in [0.25, 0.3) is 0 Å². The second kappa shape index (κ2) is 7.37. The molecule has 20 heavy (non-hydrogen) atoms. The molecule has 1 heterocycles. The van der Waals surface area contributed by atoms with E-state index in [1.807, 2.05) is 0 Å². The zero-order valence-electron chi connectivity index (χ0n) is 12.0. The van der Waals surface area contributed by atoms with E-state index in [4.69, 9.17) is 5.26 Å². The molecule has 0 spiro atoms. The number of nitriles is 1. The Balaban J connectivity index is 2.15. The normalized spacial score (nSPS) is 19.0. The summed E-state index contributed by atoms with van der Waals surface area (Å²) in [5, 5.41) is 12.6. The summed E-state index contributed by atoms with van der Waals surface area (Å²) < 4.78 is 13.4. The molecule has 4 heteroatoms. The fourth-order valence-corrected chi connectivity index (χ4v) is 2.84. The van der Waals surface area contributed by atoms with Crippen molar-refractivity contribution in [3.05, 3.63) is 35.1 Å². The number of nitrogens with zero attached hydrogens (tertiary/aromatic N) is 2. The fraction of sp³-hybridized carbons (Fsp3) is 0.562. The van der Waals surface area contributed by atoms with Crippen molar-refractivity contribution in [2.45, 2.75) is 38.8 Å². The molecule has 1 fully saturated rings. The van der Waals surface area contributed by atoms with Crippen LogP contribution in [-0.4, -0.2) is 30.6 Å². The van der Waals surface area contributed by atoms with Crippen LogP contribution in [0.1, 0.15) is 37.3 Å². The molecule has 1 atom stereocenters. The van der Waals surface area contributed by atoms with Crippen LogP contribution >= 0.6 is 0 Å². The number of benzene rings is 1. The second-order valence-electron chi connectivity index (χ2n) is 5.38. The Bertz CT molecular complexity index is 475. The first-order chi connectivity index (χ1) is 9.74. The van der Waals surface area contributed by atoms with E-state index >= 15 is 0 Å². The van der Waals surface area contributed by atoms with Crippen LogP contribution in [0.5, 0.6) is 0 Å². The molecule has 1 aliphatic heterocycles. The standard InChI is InChI=1S/C16H22FN3/c1-2-8-20(16-4-3-7-19-11-16)12-14-9-15(17)6-5-13(14)10-18/h5-6,9,16,19H,2-4,7-8,11-12H2,1H3. The maximum atomic E-state index is 13.4. The highest BCUT2D eigenvalue weighted by Gasteiger charge is 2.21. The number of nitrogens with one attached hydrogen (secondary N) is 1. The van der Waals surface area contributed by atoms with Crippen molar-refractivity contribution in [1.82, 2.24) is 10.2 Å². The molecule has 0 saturated carbocycles. The zero-order valence-corrected chi connectivity index (χ0v) is 12.0. The molecule has 2 rings (SSSR count). The van der Waals surface area contributed by atoms with Crippen LogP contribution in [0.4, 0.5) is 4.39 Å². The van der Waals surface area contributed by atoms with Crippen molar-refractivity contribution in [1.29, 1.82) is 5.26 Å². The number of halogens is 1. The lowest BCUT2D eigenvalue weighted by Crippen LogP contribution is -2.46. The van der Waals surface area contributed by atoms with Gasteiger partial charge in [-0.25, -0.2) is 4.39 Å². The first kappa shape index (κ1) is 15.0. The molecule has 108 valence electrons. The van der Waals surface area contributed by atoms with Gasteiger partial charge in [0.2, 0.25) is 0 Å². The van der Waals surface area contributed by atoms with E-state index < -0.39 is 0 Å². The molecule has 0 aromatic heterocycles. The third kappa shape index (κ3) is 3.78. The molecule has 3 nitrogen and oxygen atoms in total. The minimum Gasteiger partial charge on any atom is -0.315 e. The summed E-state index contributed by atoms with van der Waals surface area (Å²) in [5.41, 5.74) is 1.38. The molecule has 0 aliphatic carbocycles. The highest BCUT2D eigenvalue weighted by Crippen LogP contribution is 2.18. The summed E-state index contributed by atoms with van der Waals surface area (Å²) in [7, 11) is 0. The van der Waals surface area contributed by atoms with Crippen LogP contribution < -0.4 is 5.32 Å². The summed E-state index contributed by atoms with van der Waals surface area (Å²) in [5.74, 6) is -0.266. The maximum absolute atomic E-state index is 13.4. The summed E-state index contributed by atoms with van der Waals surface area (Å²) in [6.45, 7) is 5.85. The lowest BCUT2D eigenvalue weighted by molar-refractivity contribution is 0.157. The first-order valence-electron chi connectivity index (χ1n) is 7.38. The highest BCUT2D eigenvalue weighted by molar-refractivity contribution is 5.37. The van der Waals surface area contributed by atoms with Crippen molar-refractivity contribution in [3.8, 4) is 6.07 Å². The molecule has 1 aromatic rings. The Morgan fingerprint density at radius 2 is 2.35 bits per heavy atom. The van der Waals surface area contributed by atoms with Crippen LogP contribution in [0, 0.1) is 17.1 Å². The largest absolute Gasteiger partial charge is 0.315 e. The van der Waals surface area contributed by atoms with Crippen molar-refractivity contribution in [3.63, 3.8) is 0 Å². The Morgan fingerprint density at radius 1 is 1.50 bits per heavy atom. The van der Waals surface area contributed by atoms with E-state index in [1.165, 1.54) is 25.0 Å². The molecule has 1 aromatic carbocycles. The summed E-state index contributed by atoms with van der Waals surface area (Å²) in [4.78, 5) is 2.38. The maximum Gasteiger partial charge on any atom is 0.123 e. The van der Waals surface area contributed by atoms with E-state index in [0.29, 0.717) is 18.2 Å². The van der Waals surface area contributed by atoms with E-state index in [-0.39, 0.29) is 5.82 Å². The summed E-state index contributed by atoms with van der Waals surface area (Å²) in [6, 6.07) is 7.08. The quantitative estimate of drug-likeness (QED) is 0.898. The number of hydrogen-bond acceptors (Lipinski definition) is 3. The van der Waals surface area contributed by atoms with Gasteiger partial charge >= 0.3 is 0 Å². The van der Waals surface area contributed by atoms with Gasteiger partial charge in [-0.2, -0.15) is 5.26 Å². The summed E-state index contributed by atoms with van der Waals surface area (Å²) in [6.07, 6.45) is 3.41. The molecule has 1 aliphatic rings. The van der Waals surface area contributed by atoms with Crippen LogP contribution in [0.15, 0.2) is 18.2 Å². The fourth-order valence-electron chi connectivity index (χ4n) is 2.84. The monoisotopic (exact) mass is 275 g/mol. The van der Waals surface area contributed by atoms with Gasteiger partial charge < -0.3 is 5.32 Å². The SMILES string of the molecule is CCCN(Cc1cc(F)ccc1C#N)C1CCCNC1. The van der Waals surface area contributed by atoms with Crippen molar-refractivity contribution < 1.29 is 4.39 Å². The van der Waals surface area contributed by atoms with Crippen molar-refractivity contribution in [2.75, 3.05) is 19.6 Å². The van der Waals surface area contributed by atoms with Gasteiger partial charge in [0.15, 0.2) is 0 Å². The van der Waals surface area contributed by atoms with Gasteiger partial charge in [-0.15, -0.1) is 0 Å². The molecular weight excluding hydrogens is 253 g/mol. The van der Waals surface area contributed by atoms with Crippen LogP contribution in [0.2, 0.25) is 0 Å². The lowest BCUT2D eigenvalue weighted by Gasteiger charge is -2.34. The van der Waals surface area contributed by atoms with Crippen molar-refractivity contribution >= 4 is 0 Å². The zero-order chi connectivity index (χ0) is 14.4. The van der Waals surface area contributed by atoms with Gasteiger partial charge in [-0.3, -0.25) is 4.90 Å². The summed E-state index contributed by atoms with van der Waals surface area (Å²) >= 11 is 0. The predicted octanol–water partition coefficient (Wildman–Crippen LogP) is 2.66. The van der Waals surface area contributed by atoms with E-state index in [0.717, 1.165) is 31.6 Å². The molecule has 1 N–H and O–H groups in total. The van der Waals surface area contributed by atoms with E-state index in [1.54, 1.807) is 6.07 Å². The highest BCUT2D eigenvalue weighted by atomic mass is 19.1. The number of hydrogen-bond donors (Lipinski definition) is 1. The Labute approximate surface area is 120 Å². The Morgan fingerprint density at radius 3 is 3.00 bits per heavy atom. The molecule has 0 bridgehead atoms. The van der Waals surface area contributed by atoms with Crippen molar-refractivity contribution in [2.24, 2.45) is 0 Å². The van der Waals surface area contributed by atoms with E-state index in [2.05, 4.69) is 23.2 Å². The molecular formula is C16H22FN3. The third-order valence-corrected chi connectivity index (χ3v) is 3.86. The smallest absolute Gasteiger partial charge is 0.123 e. The van der Waals surface area contributed by atoms with E-state index in [9.17, 15) is 4.39 Å². The lowest BCUT2D eigenvalue weighted by atomic mass is 10.0. The van der Waals surface area contributed by atoms with Gasteiger partial charge in [-0.1, -0.05) is 6.92 Å². The topological polar surface area (TPSA) is 39.1 Å². The van der Waals surface area contributed by atoms with Gasteiger partial charge in [0, 0.05) is 19.1 Å². The Kier molecular flexibility index (Phi) is 5.51. The number of rotatable bonds is 5. The molecule has 0 radical (unpaired) electrons. The first-order valence-corrected chi connectivity index (χ1v) is 7.38. The average molecular weight is 275 g/mol. The van der Waals surface area contributed by atoms with Crippen LogP contribution in [-0.2, 0) is 6.54 Å². The minimum absolute atomic E-state index is 0.266. The average Bonchev–Trinajstić information content (AvgIpc) is 2.48. The second-order valence-corrected chi connectivity index (χ2v) is 5.38. The molecule has 1 unspecified atom stereocenters. The Hall–Kier alpha value is -1.44. The molecule has 0 amide bonds. The van der Waals surface area contributed by atoms with Crippen LogP contribution in [0.3, 0.4) is 0 Å². The predicted molar refractivity (Wildman–Crippen MR) is 77.7 cm³/mol. The van der Waals surface area contributed by atoms with Gasteiger partial charge in [0.25, 0.3) is 0 Å². The number of piperidine rings is 1. The third-order valence-electron chi connectivity index (χ3n) is 3.86. The van der Waals surface area contributed by atoms with Gasteiger partial charge in [0.05, 0.1) is 11.6 Å². The van der Waals surface area contributed by atoms with Gasteiger partial charge in [0.1, 0.15) is 5.82 Å². The molecule has 1 saturated heterocycles.